The van der Waals surface area contributed by atoms with Gasteiger partial charge in [-0.25, -0.2) is 10.6 Å². The summed E-state index contributed by atoms with van der Waals surface area (Å²) in [4.78, 5) is 16.3. The molecule has 0 saturated carbocycles. The highest BCUT2D eigenvalue weighted by Gasteiger charge is 2.29. The number of rotatable bonds is 4. The van der Waals surface area contributed by atoms with Crippen LogP contribution in [0.1, 0.15) is 31.9 Å². The van der Waals surface area contributed by atoms with Crippen molar-refractivity contribution in [2.75, 3.05) is 25.0 Å². The van der Waals surface area contributed by atoms with Gasteiger partial charge in [-0.2, -0.15) is 0 Å². The van der Waals surface area contributed by atoms with Crippen LogP contribution in [0.25, 0.3) is 0 Å². The zero-order chi connectivity index (χ0) is 20.1. The minimum Gasteiger partial charge on any atom is -0.447 e. The van der Waals surface area contributed by atoms with Crippen molar-refractivity contribution in [3.8, 4) is 0 Å². The number of nitrogens with zero attached hydrogens (tertiary/aromatic N) is 2. The number of ether oxygens (including phenoxy) is 1. The Morgan fingerprint density at radius 3 is 2.74 bits per heavy atom. The molecule has 1 amide bonds. The molecule has 0 spiro atoms. The third-order valence-corrected chi connectivity index (χ3v) is 4.97. The molecular formula is C18H28ClN5O2S. The Kier molecular flexibility index (Phi) is 7.67. The third-order valence-electron chi connectivity index (χ3n) is 4.54. The Morgan fingerprint density at radius 1 is 1.44 bits per heavy atom. The van der Waals surface area contributed by atoms with Crippen LogP contribution in [0.2, 0.25) is 5.02 Å². The molecule has 150 valence electrons. The van der Waals surface area contributed by atoms with Gasteiger partial charge in [0, 0.05) is 42.9 Å². The van der Waals surface area contributed by atoms with Crippen molar-refractivity contribution in [1.29, 1.82) is 0 Å². The molecule has 1 heterocycles. The molecule has 0 radical (unpaired) electrons. The second-order valence-electron chi connectivity index (χ2n) is 7.05. The van der Waals surface area contributed by atoms with Crippen molar-refractivity contribution in [2.24, 2.45) is 5.84 Å². The number of carbonyl (C=O) groups is 1. The fourth-order valence-corrected chi connectivity index (χ4v) is 3.50. The SMILES string of the molecule is Cc1c(CN2CCN(C(=O)OC(C)C)[C@@H](C)C2)cc(Cl)cc1NC(=S)NN. The summed E-state index contributed by atoms with van der Waals surface area (Å²) in [5.41, 5.74) is 5.41. The number of nitrogens with two attached hydrogens (primary N) is 1. The lowest BCUT2D eigenvalue weighted by Crippen LogP contribution is -2.54. The lowest BCUT2D eigenvalue weighted by molar-refractivity contribution is 0.0349. The Balaban J connectivity index is 2.06. The molecule has 9 heteroatoms. The van der Waals surface area contributed by atoms with E-state index in [4.69, 9.17) is 34.4 Å². The summed E-state index contributed by atoms with van der Waals surface area (Å²) in [6.07, 6.45) is -0.359. The summed E-state index contributed by atoms with van der Waals surface area (Å²) in [5, 5.41) is 4.01. The highest BCUT2D eigenvalue weighted by Crippen LogP contribution is 2.27. The van der Waals surface area contributed by atoms with Gasteiger partial charge in [-0.15, -0.1) is 0 Å². The minimum atomic E-state index is -0.245. The number of piperazine rings is 1. The second kappa shape index (κ2) is 9.54. The van der Waals surface area contributed by atoms with Crippen LogP contribution in [0.3, 0.4) is 0 Å². The maximum absolute atomic E-state index is 12.2. The first-order chi connectivity index (χ1) is 12.7. The van der Waals surface area contributed by atoms with Crippen molar-refractivity contribution in [2.45, 2.75) is 46.4 Å². The van der Waals surface area contributed by atoms with Gasteiger partial charge in [0.05, 0.1) is 6.10 Å². The van der Waals surface area contributed by atoms with Gasteiger partial charge in [-0.3, -0.25) is 4.90 Å². The molecule has 1 aliphatic rings. The van der Waals surface area contributed by atoms with Crippen LogP contribution in [0.5, 0.6) is 0 Å². The summed E-state index contributed by atoms with van der Waals surface area (Å²) < 4.78 is 5.33. The van der Waals surface area contributed by atoms with Crippen LogP contribution >= 0.6 is 23.8 Å². The van der Waals surface area contributed by atoms with Crippen molar-refractivity contribution < 1.29 is 9.53 Å². The Hall–Kier alpha value is -1.61. The van der Waals surface area contributed by atoms with Gasteiger partial charge in [0.2, 0.25) is 0 Å². The van der Waals surface area contributed by atoms with E-state index in [9.17, 15) is 4.79 Å². The van der Waals surface area contributed by atoms with Crippen molar-refractivity contribution in [3.63, 3.8) is 0 Å². The van der Waals surface area contributed by atoms with Gasteiger partial charge in [0.1, 0.15) is 0 Å². The predicted molar refractivity (Wildman–Crippen MR) is 113 cm³/mol. The van der Waals surface area contributed by atoms with E-state index in [-0.39, 0.29) is 18.2 Å². The molecule has 1 fully saturated rings. The van der Waals surface area contributed by atoms with Crippen LogP contribution in [-0.4, -0.2) is 52.8 Å². The molecule has 7 nitrogen and oxygen atoms in total. The van der Waals surface area contributed by atoms with E-state index in [2.05, 4.69) is 15.6 Å². The Morgan fingerprint density at radius 2 is 2.15 bits per heavy atom. The highest BCUT2D eigenvalue weighted by molar-refractivity contribution is 7.80. The fourth-order valence-electron chi connectivity index (χ4n) is 3.15. The molecule has 0 aromatic heterocycles. The largest absolute Gasteiger partial charge is 0.447 e. The molecule has 1 atom stereocenters. The molecule has 4 N–H and O–H groups in total. The molecule has 0 bridgehead atoms. The molecule has 1 aromatic carbocycles. The lowest BCUT2D eigenvalue weighted by atomic mass is 10.0. The Bertz CT molecular complexity index is 701. The summed E-state index contributed by atoms with van der Waals surface area (Å²) >= 11 is 11.4. The van der Waals surface area contributed by atoms with Gasteiger partial charge in [-0.05, 0) is 63.2 Å². The molecular weight excluding hydrogens is 386 g/mol. The van der Waals surface area contributed by atoms with Crippen LogP contribution in [0.4, 0.5) is 10.5 Å². The average Bonchev–Trinajstić information content (AvgIpc) is 2.58. The Labute approximate surface area is 171 Å². The second-order valence-corrected chi connectivity index (χ2v) is 7.89. The number of hydrazine groups is 1. The molecule has 1 aromatic rings. The van der Waals surface area contributed by atoms with Gasteiger partial charge < -0.3 is 20.4 Å². The molecule has 1 saturated heterocycles. The standard InChI is InChI=1S/C18H28ClN5O2S/c1-11(2)26-18(25)24-6-5-23(9-12(24)3)10-14-7-15(19)8-16(13(14)4)21-17(27)22-20/h7-8,11-12H,5-6,9-10,20H2,1-4H3,(H2,21,22,27)/t12-/m0/s1. The number of benzene rings is 1. The van der Waals surface area contributed by atoms with E-state index in [0.29, 0.717) is 16.7 Å². The molecule has 2 rings (SSSR count). The third kappa shape index (κ3) is 5.93. The van der Waals surface area contributed by atoms with E-state index in [1.165, 1.54) is 0 Å². The van der Waals surface area contributed by atoms with E-state index in [0.717, 1.165) is 36.4 Å². The normalized spacial score (nSPS) is 17.7. The summed E-state index contributed by atoms with van der Waals surface area (Å²) in [7, 11) is 0. The molecule has 27 heavy (non-hydrogen) atoms. The van der Waals surface area contributed by atoms with Crippen molar-refractivity contribution >= 4 is 40.7 Å². The van der Waals surface area contributed by atoms with Gasteiger partial charge in [0.25, 0.3) is 0 Å². The van der Waals surface area contributed by atoms with Crippen LogP contribution in [0, 0.1) is 6.92 Å². The maximum Gasteiger partial charge on any atom is 0.410 e. The lowest BCUT2D eigenvalue weighted by Gasteiger charge is -2.39. The first kappa shape index (κ1) is 21.7. The molecule has 0 aliphatic carbocycles. The summed E-state index contributed by atoms with van der Waals surface area (Å²) in [6, 6.07) is 3.87. The first-order valence-corrected chi connectivity index (χ1v) is 9.76. The van der Waals surface area contributed by atoms with Crippen LogP contribution in [0.15, 0.2) is 12.1 Å². The number of thiocarbonyl (C=S) groups is 1. The smallest absolute Gasteiger partial charge is 0.410 e. The minimum absolute atomic E-state index is 0.0797. The van der Waals surface area contributed by atoms with Crippen LogP contribution < -0.4 is 16.6 Å². The summed E-state index contributed by atoms with van der Waals surface area (Å²) in [5.74, 6) is 5.34. The number of hydrogen-bond donors (Lipinski definition) is 3. The van der Waals surface area contributed by atoms with Crippen molar-refractivity contribution in [3.05, 3.63) is 28.3 Å². The van der Waals surface area contributed by atoms with Crippen LogP contribution in [-0.2, 0) is 11.3 Å². The molecule has 0 unspecified atom stereocenters. The maximum atomic E-state index is 12.2. The van der Waals surface area contributed by atoms with E-state index in [1.807, 2.05) is 39.8 Å². The van der Waals surface area contributed by atoms with Gasteiger partial charge in [-0.1, -0.05) is 11.6 Å². The zero-order valence-corrected chi connectivity index (χ0v) is 17.8. The zero-order valence-electron chi connectivity index (χ0n) is 16.2. The molecule has 1 aliphatic heterocycles. The number of anilines is 1. The summed E-state index contributed by atoms with van der Waals surface area (Å²) in [6.45, 7) is 10.7. The van der Waals surface area contributed by atoms with E-state index in [1.54, 1.807) is 4.90 Å². The van der Waals surface area contributed by atoms with E-state index < -0.39 is 0 Å². The highest BCUT2D eigenvalue weighted by atomic mass is 35.5. The average molecular weight is 414 g/mol. The van der Waals surface area contributed by atoms with Gasteiger partial charge >= 0.3 is 6.09 Å². The number of halogens is 1. The monoisotopic (exact) mass is 413 g/mol. The number of hydrogen-bond acceptors (Lipinski definition) is 5. The van der Waals surface area contributed by atoms with Gasteiger partial charge in [0.15, 0.2) is 5.11 Å². The van der Waals surface area contributed by atoms with E-state index >= 15 is 0 Å². The fraction of sp³-hybridized carbons (Fsp3) is 0.556. The number of amides is 1. The first-order valence-electron chi connectivity index (χ1n) is 8.97. The number of carbonyl (C=O) groups excluding carboxylic acids is 1. The predicted octanol–water partition coefficient (Wildman–Crippen LogP) is 2.86. The quantitative estimate of drug-likeness (QED) is 0.397. The topological polar surface area (TPSA) is 82.9 Å². The number of nitrogens with one attached hydrogen (secondary N) is 2. The van der Waals surface area contributed by atoms with Crippen molar-refractivity contribution in [1.82, 2.24) is 15.2 Å².